The summed E-state index contributed by atoms with van der Waals surface area (Å²) in [4.78, 5) is 14.5. The molecule has 0 aliphatic carbocycles. The van der Waals surface area contributed by atoms with Crippen LogP contribution < -0.4 is 14.4 Å². The molecule has 1 aliphatic heterocycles. The van der Waals surface area contributed by atoms with E-state index in [0.717, 1.165) is 12.3 Å². The van der Waals surface area contributed by atoms with Crippen LogP contribution in [0.15, 0.2) is 65.8 Å². The summed E-state index contributed by atoms with van der Waals surface area (Å²) in [7, 11) is -4.26. The first-order valence-electron chi connectivity index (χ1n) is 10.8. The Hall–Kier alpha value is -3.21. The van der Waals surface area contributed by atoms with Crippen LogP contribution in [0.5, 0.6) is 0 Å². The molecule has 1 aromatic heterocycles. The summed E-state index contributed by atoms with van der Waals surface area (Å²) in [6.45, 7) is 4.73. The molecule has 4 rings (SSSR count). The lowest BCUT2D eigenvalue weighted by atomic mass is 10.0. The van der Waals surface area contributed by atoms with E-state index < -0.39 is 21.6 Å². The minimum absolute atomic E-state index is 0.0505. The van der Waals surface area contributed by atoms with Crippen molar-refractivity contribution in [1.29, 1.82) is 0 Å². The number of nitrogens with one attached hydrogen (secondary N) is 1. The fourth-order valence-corrected chi connectivity index (χ4v) is 5.29. The Labute approximate surface area is 207 Å². The maximum absolute atomic E-state index is 15.0. The van der Waals surface area contributed by atoms with Gasteiger partial charge in [-0.25, -0.2) is 12.8 Å². The van der Waals surface area contributed by atoms with Crippen molar-refractivity contribution >= 4 is 38.8 Å². The van der Waals surface area contributed by atoms with Gasteiger partial charge in [0.05, 0.1) is 34.0 Å². The lowest BCUT2D eigenvalue weighted by molar-refractivity contribution is -0.605. The van der Waals surface area contributed by atoms with Gasteiger partial charge in [-0.15, -0.1) is 0 Å². The molecule has 0 bridgehead atoms. The highest BCUT2D eigenvalue weighted by atomic mass is 35.5. The number of benzene rings is 2. The number of aromatic nitrogens is 1. The Morgan fingerprint density at radius 1 is 1.17 bits per heavy atom. The summed E-state index contributed by atoms with van der Waals surface area (Å²) in [5.74, 6) is -1.29. The lowest BCUT2D eigenvalue weighted by Crippen LogP contribution is -2.45. The third-order valence-electron chi connectivity index (χ3n) is 5.50. The summed E-state index contributed by atoms with van der Waals surface area (Å²) in [6.07, 6.45) is 2.10. The summed E-state index contributed by atoms with van der Waals surface area (Å²) in [5.41, 5.74) is 0.222. The van der Waals surface area contributed by atoms with Crippen LogP contribution in [0.25, 0.3) is 0 Å². The van der Waals surface area contributed by atoms with Gasteiger partial charge in [0.1, 0.15) is 5.82 Å². The molecule has 2 heterocycles. The number of halogens is 2. The van der Waals surface area contributed by atoms with Gasteiger partial charge in [0.2, 0.25) is 5.78 Å². The van der Waals surface area contributed by atoms with E-state index in [9.17, 15) is 22.8 Å². The van der Waals surface area contributed by atoms with Crippen LogP contribution in [0.2, 0.25) is 5.02 Å². The third kappa shape index (κ3) is 5.55. The number of nitrogens with zero attached hydrogens (tertiary/aromatic N) is 2. The summed E-state index contributed by atoms with van der Waals surface area (Å²) >= 11 is 6.04. The zero-order chi connectivity index (χ0) is 25.3. The maximum Gasteiger partial charge on any atom is 0.262 e. The number of hydrogen-bond donors (Lipinski definition) is 1. The SMILES string of the molecule is C[C@@H]1CN(c2ccc(S(=O)(=O)Nc3ccc(Cl)cc3C(=O)c3ccc[n+]([O-])c3)cc2F)C[C@H](C)O1. The molecule has 11 heteroatoms. The van der Waals surface area contributed by atoms with Crippen LogP contribution in [0.4, 0.5) is 15.8 Å². The molecule has 184 valence electrons. The van der Waals surface area contributed by atoms with Crippen LogP contribution in [0, 0.1) is 11.0 Å². The monoisotopic (exact) mass is 519 g/mol. The van der Waals surface area contributed by atoms with Crippen molar-refractivity contribution in [3.8, 4) is 0 Å². The molecule has 35 heavy (non-hydrogen) atoms. The number of ketones is 1. The molecular formula is C24H23ClFN3O5S. The standard InChI is InChI=1S/C24H23ClFN3O5S/c1-15-12-28(13-16(2)34-15)23-8-6-19(11-21(23)26)35(32,33)27-22-7-5-18(25)10-20(22)24(30)17-4-3-9-29(31)14-17/h3-11,14-16,27H,12-13H2,1-2H3/t15-,16+. The van der Waals surface area contributed by atoms with E-state index in [1.54, 1.807) is 0 Å². The first kappa shape index (κ1) is 24.9. The molecule has 1 fully saturated rings. The topological polar surface area (TPSA) is 103 Å². The first-order valence-corrected chi connectivity index (χ1v) is 12.7. The Morgan fingerprint density at radius 3 is 2.54 bits per heavy atom. The molecule has 1 aliphatic rings. The predicted molar refractivity (Wildman–Crippen MR) is 130 cm³/mol. The first-order chi connectivity index (χ1) is 16.5. The fraction of sp³-hybridized carbons (Fsp3) is 0.250. The number of pyridine rings is 1. The van der Waals surface area contributed by atoms with Crippen molar-refractivity contribution < 1.29 is 27.1 Å². The number of carbonyl (C=O) groups excluding carboxylic acids is 1. The smallest absolute Gasteiger partial charge is 0.262 e. The second-order valence-electron chi connectivity index (χ2n) is 8.35. The average molecular weight is 520 g/mol. The van der Waals surface area contributed by atoms with Gasteiger partial charge in [-0.1, -0.05) is 11.6 Å². The summed E-state index contributed by atoms with van der Waals surface area (Å²) in [5, 5.41) is 11.8. The zero-order valence-corrected chi connectivity index (χ0v) is 20.5. The number of morpholine rings is 1. The van der Waals surface area contributed by atoms with Gasteiger partial charge in [0, 0.05) is 29.7 Å². The van der Waals surface area contributed by atoms with Gasteiger partial charge in [-0.3, -0.25) is 9.52 Å². The van der Waals surface area contributed by atoms with Crippen LogP contribution >= 0.6 is 11.6 Å². The van der Waals surface area contributed by atoms with E-state index >= 15 is 0 Å². The van der Waals surface area contributed by atoms with E-state index in [0.29, 0.717) is 17.8 Å². The molecule has 8 nitrogen and oxygen atoms in total. The van der Waals surface area contributed by atoms with Crippen LogP contribution in [-0.2, 0) is 14.8 Å². The minimum Gasteiger partial charge on any atom is -0.619 e. The number of carbonyl (C=O) groups is 1. The van der Waals surface area contributed by atoms with E-state index in [1.807, 2.05) is 18.7 Å². The van der Waals surface area contributed by atoms with Crippen molar-refractivity contribution in [2.45, 2.75) is 31.0 Å². The molecule has 1 saturated heterocycles. The van der Waals surface area contributed by atoms with Crippen LogP contribution in [-0.4, -0.2) is 39.5 Å². The molecule has 0 saturated carbocycles. The molecule has 0 radical (unpaired) electrons. The molecule has 2 atom stereocenters. The Morgan fingerprint density at radius 2 is 1.89 bits per heavy atom. The third-order valence-corrected chi connectivity index (χ3v) is 7.10. The number of hydrogen-bond acceptors (Lipinski definition) is 6. The molecule has 2 aromatic carbocycles. The highest BCUT2D eigenvalue weighted by molar-refractivity contribution is 7.92. The Bertz CT molecular complexity index is 1380. The van der Waals surface area contributed by atoms with Crippen molar-refractivity contribution in [1.82, 2.24) is 0 Å². The quantitative estimate of drug-likeness (QED) is 0.302. The normalized spacial score (nSPS) is 18.3. The van der Waals surface area contributed by atoms with E-state index in [4.69, 9.17) is 16.3 Å². The van der Waals surface area contributed by atoms with Crippen molar-refractivity contribution in [2.75, 3.05) is 22.7 Å². The lowest BCUT2D eigenvalue weighted by Gasteiger charge is -2.37. The second kappa shape index (κ2) is 9.80. The van der Waals surface area contributed by atoms with Crippen molar-refractivity contribution in [3.05, 3.63) is 88.1 Å². The van der Waals surface area contributed by atoms with Crippen LogP contribution in [0.1, 0.15) is 29.8 Å². The van der Waals surface area contributed by atoms with E-state index in [1.165, 1.54) is 48.7 Å². The second-order valence-corrected chi connectivity index (χ2v) is 10.5. The van der Waals surface area contributed by atoms with Crippen molar-refractivity contribution in [2.24, 2.45) is 0 Å². The van der Waals surface area contributed by atoms with Crippen LogP contribution in [0.3, 0.4) is 0 Å². The molecule has 3 aromatic rings. The Balaban J connectivity index is 1.63. The largest absolute Gasteiger partial charge is 0.619 e. The molecule has 0 unspecified atom stereocenters. The van der Waals surface area contributed by atoms with E-state index in [2.05, 4.69) is 4.72 Å². The molecule has 0 amide bonds. The highest BCUT2D eigenvalue weighted by Crippen LogP contribution is 2.29. The molecular weight excluding hydrogens is 497 g/mol. The van der Waals surface area contributed by atoms with Gasteiger partial charge in [-0.05, 0) is 56.3 Å². The number of anilines is 2. The Kier molecular flexibility index (Phi) is 6.98. The number of ether oxygens (including phenoxy) is 1. The summed E-state index contributed by atoms with van der Waals surface area (Å²) in [6, 6.07) is 10.5. The summed E-state index contributed by atoms with van der Waals surface area (Å²) < 4.78 is 49.6. The van der Waals surface area contributed by atoms with Gasteiger partial charge >= 0.3 is 0 Å². The zero-order valence-electron chi connectivity index (χ0n) is 18.9. The predicted octanol–water partition coefficient (Wildman–Crippen LogP) is 3.76. The number of rotatable bonds is 6. The average Bonchev–Trinajstić information content (AvgIpc) is 2.79. The minimum atomic E-state index is -4.26. The number of sulfonamides is 1. The van der Waals surface area contributed by atoms with Crippen molar-refractivity contribution in [3.63, 3.8) is 0 Å². The molecule has 0 spiro atoms. The maximum atomic E-state index is 15.0. The molecule has 1 N–H and O–H groups in total. The van der Waals surface area contributed by atoms with Gasteiger partial charge in [0.15, 0.2) is 12.4 Å². The fourth-order valence-electron chi connectivity index (χ4n) is 4.03. The van der Waals surface area contributed by atoms with E-state index in [-0.39, 0.29) is 44.6 Å². The highest BCUT2D eigenvalue weighted by Gasteiger charge is 2.26. The van der Waals surface area contributed by atoms with Gasteiger partial charge in [0.25, 0.3) is 10.0 Å². The van der Waals surface area contributed by atoms with Gasteiger partial charge in [-0.2, -0.15) is 4.73 Å². The van der Waals surface area contributed by atoms with Gasteiger partial charge < -0.3 is 14.8 Å².